The summed E-state index contributed by atoms with van der Waals surface area (Å²) in [4.78, 5) is 0.265. The fourth-order valence-corrected chi connectivity index (χ4v) is 2.42. The molecule has 0 radical (unpaired) electrons. The average Bonchev–Trinajstić information content (AvgIpc) is 2.34. The van der Waals surface area contributed by atoms with Gasteiger partial charge in [-0.1, -0.05) is 6.07 Å². The van der Waals surface area contributed by atoms with Crippen LogP contribution in [0.4, 0.5) is 0 Å². The molecule has 0 bridgehead atoms. The molecule has 0 spiro atoms. The average molecular weight is 271 g/mol. The van der Waals surface area contributed by atoms with Crippen molar-refractivity contribution in [1.82, 2.24) is 0 Å². The van der Waals surface area contributed by atoms with E-state index < -0.39 is 9.84 Å². The van der Waals surface area contributed by atoms with E-state index in [-0.39, 0.29) is 11.2 Å². The molecule has 18 heavy (non-hydrogen) atoms. The van der Waals surface area contributed by atoms with E-state index in [1.807, 2.05) is 0 Å². The van der Waals surface area contributed by atoms with E-state index in [2.05, 4.69) is 0 Å². The largest absolute Gasteiger partial charge is 0.465 e. The molecular weight excluding hydrogens is 254 g/mol. The van der Waals surface area contributed by atoms with Crippen LogP contribution in [0.15, 0.2) is 23.1 Å². The highest BCUT2D eigenvalue weighted by atomic mass is 32.2. The molecule has 6 heteroatoms. The van der Waals surface area contributed by atoms with Crippen LogP contribution in [0.1, 0.15) is 18.4 Å². The molecule has 0 amide bonds. The van der Waals surface area contributed by atoms with Gasteiger partial charge in [-0.05, 0) is 25.1 Å². The van der Waals surface area contributed by atoms with Crippen molar-refractivity contribution in [3.8, 4) is 5.75 Å². The molecule has 1 atom stereocenters. The molecule has 1 aromatic carbocycles. The summed E-state index contributed by atoms with van der Waals surface area (Å²) >= 11 is 0. The zero-order chi connectivity index (χ0) is 13.2. The summed E-state index contributed by atoms with van der Waals surface area (Å²) in [6, 6.07) is 4.86. The molecular formula is C12H17NO4S. The molecule has 0 saturated carbocycles. The topological polar surface area (TPSA) is 78.6 Å². The minimum Gasteiger partial charge on any atom is -0.465 e. The lowest BCUT2D eigenvalue weighted by molar-refractivity contribution is -0.112. The molecule has 0 aliphatic carbocycles. The first-order valence-electron chi connectivity index (χ1n) is 5.82. The maximum Gasteiger partial charge on any atom is 0.200 e. The smallest absolute Gasteiger partial charge is 0.200 e. The fraction of sp³-hybridized carbons (Fsp3) is 0.500. The van der Waals surface area contributed by atoms with Crippen LogP contribution in [0.5, 0.6) is 5.75 Å². The molecule has 0 saturated heterocycles. The summed E-state index contributed by atoms with van der Waals surface area (Å²) < 4.78 is 34.1. The van der Waals surface area contributed by atoms with Crippen molar-refractivity contribution in [2.75, 3.05) is 12.8 Å². The third kappa shape index (κ3) is 3.01. The molecule has 5 nitrogen and oxygen atoms in total. The summed E-state index contributed by atoms with van der Waals surface area (Å²) in [7, 11) is -3.21. The minimum atomic E-state index is -3.21. The van der Waals surface area contributed by atoms with E-state index in [1.165, 1.54) is 6.26 Å². The first kappa shape index (κ1) is 13.3. The first-order chi connectivity index (χ1) is 8.50. The highest BCUT2D eigenvalue weighted by Crippen LogP contribution is 2.29. The lowest BCUT2D eigenvalue weighted by Crippen LogP contribution is -2.26. The zero-order valence-electron chi connectivity index (χ0n) is 10.3. The molecule has 1 heterocycles. The Morgan fingerprint density at radius 3 is 2.89 bits per heavy atom. The van der Waals surface area contributed by atoms with Crippen molar-refractivity contribution in [2.24, 2.45) is 5.73 Å². The van der Waals surface area contributed by atoms with Gasteiger partial charge in [0.1, 0.15) is 5.75 Å². The van der Waals surface area contributed by atoms with Gasteiger partial charge in [0, 0.05) is 18.2 Å². The SMILES string of the molecule is CS(=O)(=O)c1ccc2c(c1)OC(CCCN)OC2. The summed E-state index contributed by atoms with van der Waals surface area (Å²) in [6.45, 7) is 1.02. The van der Waals surface area contributed by atoms with E-state index in [9.17, 15) is 8.42 Å². The van der Waals surface area contributed by atoms with E-state index in [0.717, 1.165) is 12.0 Å². The zero-order valence-corrected chi connectivity index (χ0v) is 11.1. The van der Waals surface area contributed by atoms with Gasteiger partial charge in [-0.15, -0.1) is 0 Å². The van der Waals surface area contributed by atoms with Crippen LogP contribution in [0.3, 0.4) is 0 Å². The van der Waals surface area contributed by atoms with Gasteiger partial charge in [-0.25, -0.2) is 8.42 Å². The predicted octanol–water partition coefficient (Wildman–Crippen LogP) is 1.06. The summed E-state index contributed by atoms with van der Waals surface area (Å²) in [5.74, 6) is 0.589. The quantitative estimate of drug-likeness (QED) is 0.886. The van der Waals surface area contributed by atoms with Gasteiger partial charge in [-0.3, -0.25) is 0 Å². The van der Waals surface area contributed by atoms with E-state index in [1.54, 1.807) is 18.2 Å². The van der Waals surface area contributed by atoms with Crippen LogP contribution in [0, 0.1) is 0 Å². The van der Waals surface area contributed by atoms with E-state index in [4.69, 9.17) is 15.2 Å². The van der Waals surface area contributed by atoms with E-state index >= 15 is 0 Å². The predicted molar refractivity (Wildman–Crippen MR) is 67.0 cm³/mol. The molecule has 1 aliphatic rings. The molecule has 0 fully saturated rings. The Hall–Kier alpha value is -1.11. The Balaban J connectivity index is 2.19. The number of hydrogen-bond donors (Lipinski definition) is 1. The number of fused-ring (bicyclic) bond motifs is 1. The van der Waals surface area contributed by atoms with Gasteiger partial charge >= 0.3 is 0 Å². The Morgan fingerprint density at radius 1 is 1.44 bits per heavy atom. The number of hydrogen-bond acceptors (Lipinski definition) is 5. The third-order valence-corrected chi connectivity index (χ3v) is 3.90. The Bertz CT molecular complexity index is 527. The molecule has 1 unspecified atom stereocenters. The lowest BCUT2D eigenvalue weighted by atomic mass is 10.2. The summed E-state index contributed by atoms with van der Waals surface area (Å²) in [5, 5.41) is 0. The van der Waals surface area contributed by atoms with Gasteiger partial charge < -0.3 is 15.2 Å². The van der Waals surface area contributed by atoms with Crippen LogP contribution in [0.25, 0.3) is 0 Å². The maximum absolute atomic E-state index is 11.5. The molecule has 2 rings (SSSR count). The van der Waals surface area contributed by atoms with Gasteiger partial charge in [-0.2, -0.15) is 0 Å². The van der Waals surface area contributed by atoms with Gasteiger partial charge in [0.2, 0.25) is 0 Å². The molecule has 1 aromatic rings. The molecule has 100 valence electrons. The lowest BCUT2D eigenvalue weighted by Gasteiger charge is -2.26. The van der Waals surface area contributed by atoms with Gasteiger partial charge in [0.05, 0.1) is 11.5 Å². The second-order valence-corrected chi connectivity index (χ2v) is 6.35. The fourth-order valence-electron chi connectivity index (χ4n) is 1.78. The van der Waals surface area contributed by atoms with Crippen LogP contribution < -0.4 is 10.5 Å². The van der Waals surface area contributed by atoms with Crippen molar-refractivity contribution >= 4 is 9.84 Å². The summed E-state index contributed by atoms with van der Waals surface area (Å²) in [5.41, 5.74) is 6.30. The first-order valence-corrected chi connectivity index (χ1v) is 7.71. The van der Waals surface area contributed by atoms with Crippen molar-refractivity contribution < 1.29 is 17.9 Å². The second kappa shape index (κ2) is 5.26. The standard InChI is InChI=1S/C12H17NO4S/c1-18(14,15)10-5-4-9-8-16-12(3-2-6-13)17-11(9)7-10/h4-5,7,12H,2-3,6,8,13H2,1H3. The van der Waals surface area contributed by atoms with Crippen molar-refractivity contribution in [3.63, 3.8) is 0 Å². The maximum atomic E-state index is 11.5. The Morgan fingerprint density at radius 2 is 2.22 bits per heavy atom. The number of rotatable bonds is 4. The highest BCUT2D eigenvalue weighted by Gasteiger charge is 2.21. The molecule has 1 aliphatic heterocycles. The monoisotopic (exact) mass is 271 g/mol. The van der Waals surface area contributed by atoms with Crippen LogP contribution in [-0.4, -0.2) is 27.5 Å². The van der Waals surface area contributed by atoms with Crippen molar-refractivity contribution in [3.05, 3.63) is 23.8 Å². The Kier molecular flexibility index (Phi) is 3.89. The highest BCUT2D eigenvalue weighted by molar-refractivity contribution is 7.90. The summed E-state index contributed by atoms with van der Waals surface area (Å²) in [6.07, 6.45) is 2.36. The minimum absolute atomic E-state index is 0.265. The number of nitrogens with two attached hydrogens (primary N) is 1. The third-order valence-electron chi connectivity index (χ3n) is 2.79. The van der Waals surface area contributed by atoms with Gasteiger partial charge in [0.15, 0.2) is 16.1 Å². The Labute approximate surface area is 107 Å². The van der Waals surface area contributed by atoms with Crippen LogP contribution in [0.2, 0.25) is 0 Å². The van der Waals surface area contributed by atoms with Crippen LogP contribution >= 0.6 is 0 Å². The number of ether oxygens (including phenoxy) is 2. The van der Waals surface area contributed by atoms with Crippen molar-refractivity contribution in [1.29, 1.82) is 0 Å². The van der Waals surface area contributed by atoms with Crippen LogP contribution in [-0.2, 0) is 21.2 Å². The van der Waals surface area contributed by atoms with E-state index in [0.29, 0.717) is 25.3 Å². The van der Waals surface area contributed by atoms with Crippen molar-refractivity contribution in [2.45, 2.75) is 30.6 Å². The number of sulfone groups is 1. The van der Waals surface area contributed by atoms with Gasteiger partial charge in [0.25, 0.3) is 0 Å². The molecule has 2 N–H and O–H groups in total. The normalized spacial score (nSPS) is 19.1. The second-order valence-electron chi connectivity index (χ2n) is 4.33. The number of benzene rings is 1. The molecule has 0 aromatic heterocycles.